The Balaban J connectivity index is 1.70. The third-order valence-corrected chi connectivity index (χ3v) is 5.19. The molecule has 150 valence electrons. The number of phenolic OH excluding ortho intramolecular Hbond substituents is 1. The van der Waals surface area contributed by atoms with Crippen LogP contribution >= 0.6 is 15.9 Å². The van der Waals surface area contributed by atoms with Gasteiger partial charge in [0.15, 0.2) is 6.10 Å². The molecule has 0 aliphatic carbocycles. The summed E-state index contributed by atoms with van der Waals surface area (Å²) in [5.74, 6) is 0.810. The van der Waals surface area contributed by atoms with Crippen molar-refractivity contribution in [2.24, 2.45) is 5.10 Å². The lowest BCUT2D eigenvalue weighted by molar-refractivity contribution is -0.128. The molecule has 0 fully saturated rings. The zero-order chi connectivity index (χ0) is 20.8. The zero-order valence-corrected chi connectivity index (χ0v) is 17.6. The molecule has 3 aromatic carbocycles. The molecule has 0 unspecified atom stereocenters. The van der Waals surface area contributed by atoms with E-state index in [1.165, 1.54) is 19.4 Å². The van der Waals surface area contributed by atoms with Crippen molar-refractivity contribution in [2.75, 3.05) is 7.11 Å². The molecule has 6 nitrogen and oxygen atoms in total. The number of ether oxygens (including phenoxy) is 2. The van der Waals surface area contributed by atoms with E-state index in [-0.39, 0.29) is 11.7 Å². The molecule has 3 aromatic rings. The van der Waals surface area contributed by atoms with Crippen molar-refractivity contribution < 1.29 is 19.4 Å². The van der Waals surface area contributed by atoms with Crippen molar-refractivity contribution in [3.63, 3.8) is 0 Å². The van der Waals surface area contributed by atoms with Crippen molar-refractivity contribution in [3.05, 3.63) is 64.6 Å². The van der Waals surface area contributed by atoms with Crippen molar-refractivity contribution >= 4 is 38.8 Å². The summed E-state index contributed by atoms with van der Waals surface area (Å²) in [4.78, 5) is 12.5. The van der Waals surface area contributed by atoms with E-state index in [1.807, 2.05) is 43.3 Å². The predicted molar refractivity (Wildman–Crippen MR) is 117 cm³/mol. The van der Waals surface area contributed by atoms with Crippen LogP contribution in [0.5, 0.6) is 17.2 Å². The highest BCUT2D eigenvalue weighted by molar-refractivity contribution is 9.10. The van der Waals surface area contributed by atoms with Gasteiger partial charge >= 0.3 is 0 Å². The summed E-state index contributed by atoms with van der Waals surface area (Å²) in [5.41, 5.74) is 2.89. The van der Waals surface area contributed by atoms with Crippen LogP contribution in [0, 0.1) is 0 Å². The summed E-state index contributed by atoms with van der Waals surface area (Å²) < 4.78 is 11.8. The molecule has 0 bridgehead atoms. The van der Waals surface area contributed by atoms with Crippen LogP contribution in [0.1, 0.15) is 18.9 Å². The smallest absolute Gasteiger partial charge is 0.281 e. The number of amides is 1. The molecule has 0 spiro atoms. The van der Waals surface area contributed by atoms with E-state index < -0.39 is 6.10 Å². The second kappa shape index (κ2) is 9.43. The minimum Gasteiger partial charge on any atom is -0.507 e. The third kappa shape index (κ3) is 4.86. The second-order valence-electron chi connectivity index (χ2n) is 6.27. The number of fused-ring (bicyclic) bond motifs is 1. The fraction of sp³-hybridized carbons (Fsp3) is 0.182. The molecule has 0 saturated carbocycles. The minimum absolute atomic E-state index is 0.0344. The van der Waals surface area contributed by atoms with Gasteiger partial charge in [0.2, 0.25) is 0 Å². The van der Waals surface area contributed by atoms with Gasteiger partial charge in [-0.05, 0) is 57.4 Å². The summed E-state index contributed by atoms with van der Waals surface area (Å²) in [7, 11) is 1.53. The van der Waals surface area contributed by atoms with E-state index in [9.17, 15) is 9.90 Å². The third-order valence-electron chi connectivity index (χ3n) is 4.37. The monoisotopic (exact) mass is 456 g/mol. The first-order valence-electron chi connectivity index (χ1n) is 9.07. The lowest BCUT2D eigenvalue weighted by atomic mass is 10.1. The van der Waals surface area contributed by atoms with E-state index in [1.54, 1.807) is 12.1 Å². The number of hydrogen-bond acceptors (Lipinski definition) is 5. The fourth-order valence-corrected chi connectivity index (χ4v) is 3.37. The van der Waals surface area contributed by atoms with Crippen LogP contribution in [0.2, 0.25) is 0 Å². The van der Waals surface area contributed by atoms with Gasteiger partial charge in [-0.1, -0.05) is 37.3 Å². The maximum Gasteiger partial charge on any atom is 0.281 e. The zero-order valence-electron chi connectivity index (χ0n) is 16.1. The Hall–Kier alpha value is -3.06. The number of aromatic hydroxyl groups is 1. The number of methoxy groups -OCH3 is 1. The first-order valence-corrected chi connectivity index (χ1v) is 9.86. The topological polar surface area (TPSA) is 80.2 Å². The first kappa shape index (κ1) is 20.7. The molecule has 1 amide bonds. The Kier molecular flexibility index (Phi) is 6.72. The van der Waals surface area contributed by atoms with Crippen LogP contribution in [0.25, 0.3) is 10.8 Å². The Labute approximate surface area is 177 Å². The molecular weight excluding hydrogens is 436 g/mol. The molecular formula is C22H21BrN2O4. The number of nitrogens with zero attached hydrogens (tertiary/aromatic N) is 1. The molecule has 0 aliphatic heterocycles. The summed E-state index contributed by atoms with van der Waals surface area (Å²) in [6, 6.07) is 16.4. The highest BCUT2D eigenvalue weighted by Crippen LogP contribution is 2.33. The lowest BCUT2D eigenvalue weighted by Crippen LogP contribution is -2.35. The molecule has 2 N–H and O–H groups in total. The second-order valence-corrected chi connectivity index (χ2v) is 7.07. The molecule has 29 heavy (non-hydrogen) atoms. The van der Waals surface area contributed by atoms with Gasteiger partial charge in [-0.25, -0.2) is 5.43 Å². The molecule has 0 saturated heterocycles. The van der Waals surface area contributed by atoms with E-state index in [4.69, 9.17) is 9.47 Å². The minimum atomic E-state index is -0.719. The van der Waals surface area contributed by atoms with Crippen LogP contribution in [-0.2, 0) is 4.79 Å². The Morgan fingerprint density at radius 2 is 2.03 bits per heavy atom. The predicted octanol–water partition coefficient (Wildman–Crippen LogP) is 4.62. The van der Waals surface area contributed by atoms with Gasteiger partial charge < -0.3 is 14.6 Å². The summed E-state index contributed by atoms with van der Waals surface area (Å²) >= 11 is 3.57. The highest BCUT2D eigenvalue weighted by Gasteiger charge is 2.19. The molecule has 3 rings (SSSR count). The maximum absolute atomic E-state index is 12.5. The van der Waals surface area contributed by atoms with Crippen molar-refractivity contribution in [2.45, 2.75) is 19.4 Å². The van der Waals surface area contributed by atoms with Crippen molar-refractivity contribution in [3.8, 4) is 17.2 Å². The van der Waals surface area contributed by atoms with Crippen LogP contribution in [-0.4, -0.2) is 30.4 Å². The summed E-state index contributed by atoms with van der Waals surface area (Å²) in [6.45, 7) is 1.86. The quantitative estimate of drug-likeness (QED) is 0.401. The maximum atomic E-state index is 12.5. The van der Waals surface area contributed by atoms with Gasteiger partial charge in [0, 0.05) is 5.56 Å². The molecule has 1 atom stereocenters. The van der Waals surface area contributed by atoms with Gasteiger partial charge in [-0.2, -0.15) is 5.10 Å². The van der Waals surface area contributed by atoms with Gasteiger partial charge in [-0.15, -0.1) is 0 Å². The van der Waals surface area contributed by atoms with Crippen molar-refractivity contribution in [1.29, 1.82) is 0 Å². The van der Waals surface area contributed by atoms with E-state index >= 15 is 0 Å². The van der Waals surface area contributed by atoms with Crippen LogP contribution in [0.3, 0.4) is 0 Å². The molecule has 7 heteroatoms. The molecule has 0 radical (unpaired) electrons. The molecule has 0 aromatic heterocycles. The summed E-state index contributed by atoms with van der Waals surface area (Å²) in [5, 5.41) is 15.9. The number of hydrazone groups is 1. The number of carbonyl (C=O) groups is 1. The lowest BCUT2D eigenvalue weighted by Gasteiger charge is -2.17. The normalized spacial score (nSPS) is 12.1. The largest absolute Gasteiger partial charge is 0.507 e. The molecule has 0 aliphatic rings. The average molecular weight is 457 g/mol. The summed E-state index contributed by atoms with van der Waals surface area (Å²) in [6.07, 6.45) is 1.10. The van der Waals surface area contributed by atoms with E-state index in [2.05, 4.69) is 26.5 Å². The number of hydrogen-bond donors (Lipinski definition) is 2. The Morgan fingerprint density at radius 3 is 2.79 bits per heavy atom. The number of halogens is 1. The Bertz CT molecular complexity index is 1050. The Morgan fingerprint density at radius 1 is 1.24 bits per heavy atom. The van der Waals surface area contributed by atoms with E-state index in [0.717, 1.165) is 15.2 Å². The van der Waals surface area contributed by atoms with Gasteiger partial charge in [0.1, 0.15) is 17.2 Å². The average Bonchev–Trinajstić information content (AvgIpc) is 2.74. The first-order chi connectivity index (χ1) is 14.0. The van der Waals surface area contributed by atoms with Crippen LogP contribution < -0.4 is 14.9 Å². The number of nitrogens with one attached hydrogen (secondary N) is 1. The van der Waals surface area contributed by atoms with Gasteiger partial charge in [-0.3, -0.25) is 4.79 Å². The van der Waals surface area contributed by atoms with Crippen LogP contribution in [0.4, 0.5) is 0 Å². The number of rotatable bonds is 7. The van der Waals surface area contributed by atoms with Gasteiger partial charge in [0.25, 0.3) is 5.91 Å². The highest BCUT2D eigenvalue weighted by atomic mass is 79.9. The molecule has 0 heterocycles. The number of benzene rings is 3. The van der Waals surface area contributed by atoms with Crippen LogP contribution in [0.15, 0.2) is 64.2 Å². The van der Waals surface area contributed by atoms with Gasteiger partial charge in [0.05, 0.1) is 17.8 Å². The van der Waals surface area contributed by atoms with E-state index in [0.29, 0.717) is 23.5 Å². The SMILES string of the molecule is CC[C@@H](Oc1ccc2ccccc2c1Br)C(=O)N/N=C\c1cc(OC)ccc1O. The fourth-order valence-electron chi connectivity index (χ4n) is 2.78. The number of carbonyl (C=O) groups excluding carboxylic acids is 1. The standard InChI is InChI=1S/C22H21BrN2O4/c1-3-19(29-20-11-8-14-6-4-5-7-17(14)21(20)23)22(27)25-24-13-15-12-16(28-2)9-10-18(15)26/h4-13,19,26H,3H2,1-2H3,(H,25,27)/b24-13-/t19-/m1/s1. The van der Waals surface area contributed by atoms with Crippen molar-refractivity contribution in [1.82, 2.24) is 5.43 Å². The number of phenols is 1.